The maximum Gasteiger partial charge on any atom is 0.164 e. The van der Waals surface area contributed by atoms with Gasteiger partial charge in [-0.15, -0.1) is 0 Å². The molecule has 0 saturated carbocycles. The fourth-order valence-electron chi connectivity index (χ4n) is 4.45. The van der Waals surface area contributed by atoms with Gasteiger partial charge in [-0.05, 0) is 39.8 Å². The Bertz CT molecular complexity index is 1110. The standard InChI is InChI=1S/C22H28ClFN6O/c1-5-7-29-9-14(10-29)18-19(24)16(23)8-15(20(18)31-6-2)13(4)30-22-17(12(3)28-30)21(25)26-11-27-22/h8,11,13-14H,5-7,9-10H2,1-4H3,(H2,25,26,27). The SMILES string of the molecule is CCCN1CC(c2c(F)c(Cl)cc(C(C)n3nc(C)c4c(N)ncnc43)c2OCC)C1. The monoisotopic (exact) mass is 446 g/mol. The summed E-state index contributed by atoms with van der Waals surface area (Å²) in [6, 6.07) is 1.35. The minimum Gasteiger partial charge on any atom is -0.493 e. The molecule has 0 spiro atoms. The quantitative estimate of drug-likeness (QED) is 0.581. The van der Waals surface area contributed by atoms with Gasteiger partial charge in [0.05, 0.1) is 28.8 Å². The van der Waals surface area contributed by atoms with Gasteiger partial charge < -0.3 is 15.4 Å². The van der Waals surface area contributed by atoms with E-state index in [1.807, 2.05) is 20.8 Å². The molecule has 3 aromatic rings. The Morgan fingerprint density at radius 2 is 2.06 bits per heavy atom. The number of fused-ring (bicyclic) bond motifs is 1. The summed E-state index contributed by atoms with van der Waals surface area (Å²) in [5, 5.41) is 5.47. The topological polar surface area (TPSA) is 82.1 Å². The molecule has 0 amide bonds. The molecule has 4 rings (SSSR count). The number of rotatable bonds is 7. The second kappa shape index (κ2) is 8.59. The number of nitrogens with two attached hydrogens (primary N) is 1. The number of nitrogen functional groups attached to an aromatic ring is 1. The van der Waals surface area contributed by atoms with E-state index in [0.29, 0.717) is 29.4 Å². The van der Waals surface area contributed by atoms with Crippen LogP contribution in [0.2, 0.25) is 5.02 Å². The molecule has 166 valence electrons. The Kier molecular flexibility index (Phi) is 6.03. The van der Waals surface area contributed by atoms with Crippen molar-refractivity contribution in [2.75, 3.05) is 32.0 Å². The van der Waals surface area contributed by atoms with Crippen LogP contribution in [0.1, 0.15) is 56.0 Å². The van der Waals surface area contributed by atoms with Crippen molar-refractivity contribution in [1.82, 2.24) is 24.6 Å². The highest BCUT2D eigenvalue weighted by atomic mass is 35.5. The predicted octanol–water partition coefficient (Wildman–Crippen LogP) is 4.33. The van der Waals surface area contributed by atoms with Crippen molar-refractivity contribution in [2.24, 2.45) is 0 Å². The average Bonchev–Trinajstić information content (AvgIpc) is 3.05. The first-order valence-corrected chi connectivity index (χ1v) is 11.1. The lowest BCUT2D eigenvalue weighted by Crippen LogP contribution is -2.45. The van der Waals surface area contributed by atoms with Gasteiger partial charge in [-0.1, -0.05) is 18.5 Å². The molecule has 1 aliphatic rings. The molecular formula is C22H28ClFN6O. The average molecular weight is 447 g/mol. The molecule has 0 bridgehead atoms. The second-order valence-corrected chi connectivity index (χ2v) is 8.46. The summed E-state index contributed by atoms with van der Waals surface area (Å²) < 4.78 is 23.0. The van der Waals surface area contributed by atoms with E-state index in [4.69, 9.17) is 22.1 Å². The lowest BCUT2D eigenvalue weighted by molar-refractivity contribution is 0.143. The third-order valence-corrected chi connectivity index (χ3v) is 6.21. The fraction of sp³-hybridized carbons (Fsp3) is 0.500. The number of halogens is 2. The predicted molar refractivity (Wildman–Crippen MR) is 120 cm³/mol. The zero-order valence-electron chi connectivity index (χ0n) is 18.3. The summed E-state index contributed by atoms with van der Waals surface area (Å²) in [6.07, 6.45) is 2.49. The molecule has 31 heavy (non-hydrogen) atoms. The molecule has 1 atom stereocenters. The maximum absolute atomic E-state index is 15.2. The van der Waals surface area contributed by atoms with E-state index in [2.05, 4.69) is 26.9 Å². The van der Waals surface area contributed by atoms with Crippen molar-refractivity contribution in [1.29, 1.82) is 0 Å². The van der Waals surface area contributed by atoms with E-state index in [0.717, 1.165) is 42.7 Å². The molecule has 9 heteroatoms. The molecule has 2 aromatic heterocycles. The lowest BCUT2D eigenvalue weighted by atomic mass is 9.87. The van der Waals surface area contributed by atoms with E-state index in [-0.39, 0.29) is 17.0 Å². The van der Waals surface area contributed by atoms with Gasteiger partial charge in [0.1, 0.15) is 23.7 Å². The number of ether oxygens (including phenoxy) is 1. The highest BCUT2D eigenvalue weighted by Gasteiger charge is 2.35. The second-order valence-electron chi connectivity index (χ2n) is 8.06. The largest absolute Gasteiger partial charge is 0.493 e. The van der Waals surface area contributed by atoms with Crippen molar-refractivity contribution in [3.8, 4) is 5.75 Å². The molecule has 0 aliphatic carbocycles. The van der Waals surface area contributed by atoms with Gasteiger partial charge in [-0.3, -0.25) is 0 Å². The first-order chi connectivity index (χ1) is 14.9. The molecule has 1 unspecified atom stereocenters. The summed E-state index contributed by atoms with van der Waals surface area (Å²) in [7, 11) is 0. The normalized spacial score (nSPS) is 15.9. The molecule has 1 fully saturated rings. The third-order valence-electron chi connectivity index (χ3n) is 5.94. The summed E-state index contributed by atoms with van der Waals surface area (Å²) in [5.74, 6) is 0.595. The van der Waals surface area contributed by atoms with E-state index < -0.39 is 5.82 Å². The first kappa shape index (κ1) is 21.8. The smallest absolute Gasteiger partial charge is 0.164 e. The Labute approximate surface area is 186 Å². The number of nitrogens with zero attached hydrogens (tertiary/aromatic N) is 5. The van der Waals surface area contributed by atoms with Crippen molar-refractivity contribution < 1.29 is 9.13 Å². The van der Waals surface area contributed by atoms with Gasteiger partial charge in [-0.2, -0.15) is 5.10 Å². The van der Waals surface area contributed by atoms with Gasteiger partial charge >= 0.3 is 0 Å². The lowest BCUT2D eigenvalue weighted by Gasteiger charge is -2.40. The van der Waals surface area contributed by atoms with Crippen LogP contribution in [-0.4, -0.2) is 50.9 Å². The molecular weight excluding hydrogens is 419 g/mol. The number of hydrogen-bond donors (Lipinski definition) is 1. The zero-order valence-corrected chi connectivity index (χ0v) is 19.1. The van der Waals surface area contributed by atoms with Crippen molar-refractivity contribution >= 4 is 28.5 Å². The van der Waals surface area contributed by atoms with Crippen LogP contribution in [0.15, 0.2) is 12.4 Å². The number of hydrogen-bond acceptors (Lipinski definition) is 6. The summed E-state index contributed by atoms with van der Waals surface area (Å²) in [6.45, 7) is 10.9. The first-order valence-electron chi connectivity index (χ1n) is 10.7. The van der Waals surface area contributed by atoms with Crippen LogP contribution >= 0.6 is 11.6 Å². The van der Waals surface area contributed by atoms with Crippen LogP contribution in [0, 0.1) is 12.7 Å². The fourth-order valence-corrected chi connectivity index (χ4v) is 4.67. The molecule has 1 aliphatic heterocycles. The van der Waals surface area contributed by atoms with Gasteiger partial charge in [0.25, 0.3) is 0 Å². The summed E-state index contributed by atoms with van der Waals surface area (Å²) in [5.41, 5.74) is 8.75. The van der Waals surface area contributed by atoms with Gasteiger partial charge in [0.15, 0.2) is 5.65 Å². The minimum absolute atomic E-state index is 0.0480. The van der Waals surface area contributed by atoms with E-state index in [1.54, 1.807) is 10.7 Å². The van der Waals surface area contributed by atoms with Gasteiger partial charge in [0, 0.05) is 30.1 Å². The van der Waals surface area contributed by atoms with Crippen LogP contribution in [0.4, 0.5) is 10.2 Å². The Morgan fingerprint density at radius 1 is 1.32 bits per heavy atom. The third kappa shape index (κ3) is 3.72. The van der Waals surface area contributed by atoms with E-state index >= 15 is 4.39 Å². The van der Waals surface area contributed by atoms with Gasteiger partial charge in [0.2, 0.25) is 0 Å². The zero-order chi connectivity index (χ0) is 22.3. The van der Waals surface area contributed by atoms with E-state index in [1.165, 1.54) is 6.33 Å². The number of aromatic nitrogens is 4. The van der Waals surface area contributed by atoms with Crippen LogP contribution in [0.5, 0.6) is 5.75 Å². The molecule has 1 aromatic carbocycles. The summed E-state index contributed by atoms with van der Waals surface area (Å²) in [4.78, 5) is 10.8. The number of benzene rings is 1. The molecule has 7 nitrogen and oxygen atoms in total. The number of anilines is 1. The van der Waals surface area contributed by atoms with Crippen LogP contribution in [0.3, 0.4) is 0 Å². The Hall–Kier alpha value is -2.45. The molecule has 3 heterocycles. The number of likely N-dealkylation sites (tertiary alicyclic amines) is 1. The van der Waals surface area contributed by atoms with Crippen molar-refractivity contribution in [2.45, 2.75) is 46.1 Å². The Morgan fingerprint density at radius 3 is 2.74 bits per heavy atom. The highest BCUT2D eigenvalue weighted by molar-refractivity contribution is 6.31. The number of aryl methyl sites for hydroxylation is 1. The molecule has 1 saturated heterocycles. The summed E-state index contributed by atoms with van der Waals surface area (Å²) >= 11 is 6.37. The Balaban J connectivity index is 1.82. The van der Waals surface area contributed by atoms with E-state index in [9.17, 15) is 0 Å². The van der Waals surface area contributed by atoms with Crippen LogP contribution < -0.4 is 10.5 Å². The highest BCUT2D eigenvalue weighted by Crippen LogP contribution is 2.43. The molecule has 0 radical (unpaired) electrons. The van der Waals surface area contributed by atoms with Gasteiger partial charge in [-0.25, -0.2) is 19.0 Å². The minimum atomic E-state index is -0.393. The van der Waals surface area contributed by atoms with Crippen molar-refractivity contribution in [3.63, 3.8) is 0 Å². The van der Waals surface area contributed by atoms with Crippen molar-refractivity contribution in [3.05, 3.63) is 40.1 Å². The van der Waals surface area contributed by atoms with Crippen LogP contribution in [0.25, 0.3) is 11.0 Å². The molecule has 2 N–H and O–H groups in total. The van der Waals surface area contributed by atoms with Crippen LogP contribution in [-0.2, 0) is 0 Å². The maximum atomic E-state index is 15.2.